The van der Waals surface area contributed by atoms with Gasteiger partial charge >= 0.3 is 6.09 Å². The number of carbonyl (C=O) groups is 2. The van der Waals surface area contributed by atoms with E-state index in [1.165, 1.54) is 24.3 Å². The fourth-order valence-electron chi connectivity index (χ4n) is 1.71. The van der Waals surface area contributed by atoms with Gasteiger partial charge in [0.05, 0.1) is 11.1 Å². The van der Waals surface area contributed by atoms with Crippen LogP contribution in [-0.4, -0.2) is 18.6 Å². The van der Waals surface area contributed by atoms with Gasteiger partial charge in [-0.1, -0.05) is 29.3 Å². The first-order valence-electron chi connectivity index (χ1n) is 5.48. The molecule has 4 nitrogen and oxygen atoms in total. The number of halogens is 2. The molecule has 100 valence electrons. The third-order valence-corrected chi connectivity index (χ3v) is 3.36. The van der Waals surface area contributed by atoms with Gasteiger partial charge in [-0.15, -0.1) is 6.58 Å². The highest BCUT2D eigenvalue weighted by Gasteiger charge is 2.44. The van der Waals surface area contributed by atoms with Crippen LogP contribution < -0.4 is 4.90 Å². The Kier molecular flexibility index (Phi) is 3.56. The van der Waals surface area contributed by atoms with Gasteiger partial charge in [-0.2, -0.15) is 0 Å². The lowest BCUT2D eigenvalue weighted by molar-refractivity contribution is -0.128. The Morgan fingerprint density at radius 2 is 1.89 bits per heavy atom. The third-order valence-electron chi connectivity index (χ3n) is 2.93. The number of anilines is 1. The molecule has 0 saturated carbocycles. The molecule has 2 rings (SSSR count). The van der Waals surface area contributed by atoms with E-state index in [0.29, 0.717) is 10.0 Å². The molecular formula is C13H11Cl2NO3. The molecule has 1 atom stereocenters. The van der Waals surface area contributed by atoms with Crippen molar-refractivity contribution in [2.45, 2.75) is 6.92 Å². The first-order valence-corrected chi connectivity index (χ1v) is 6.24. The molecule has 2 amide bonds. The van der Waals surface area contributed by atoms with Crippen molar-refractivity contribution in [2.24, 2.45) is 5.41 Å². The van der Waals surface area contributed by atoms with Crippen LogP contribution in [0.1, 0.15) is 6.92 Å². The summed E-state index contributed by atoms with van der Waals surface area (Å²) in [6, 6.07) is 4.46. The number of carbonyl (C=O) groups excluding carboxylic acids is 2. The SMILES string of the molecule is C=CC1(C)COC(=O)N(c2cc(Cl)cc(Cl)c2)C1=O. The molecule has 19 heavy (non-hydrogen) atoms. The summed E-state index contributed by atoms with van der Waals surface area (Å²) in [5.74, 6) is -0.419. The molecule has 0 bridgehead atoms. The zero-order valence-corrected chi connectivity index (χ0v) is 11.7. The Morgan fingerprint density at radius 1 is 1.32 bits per heavy atom. The van der Waals surface area contributed by atoms with Crippen molar-refractivity contribution in [3.05, 3.63) is 40.9 Å². The topological polar surface area (TPSA) is 46.6 Å². The van der Waals surface area contributed by atoms with Crippen LogP contribution in [0.15, 0.2) is 30.9 Å². The van der Waals surface area contributed by atoms with Crippen molar-refractivity contribution in [3.63, 3.8) is 0 Å². The fourth-order valence-corrected chi connectivity index (χ4v) is 2.23. The molecule has 1 saturated heterocycles. The Bertz CT molecular complexity index is 553. The summed E-state index contributed by atoms with van der Waals surface area (Å²) in [7, 11) is 0. The number of hydrogen-bond donors (Lipinski definition) is 0. The number of cyclic esters (lactones) is 1. The van der Waals surface area contributed by atoms with Crippen molar-refractivity contribution in [1.29, 1.82) is 0 Å². The molecule has 1 fully saturated rings. The van der Waals surface area contributed by atoms with E-state index < -0.39 is 17.4 Å². The van der Waals surface area contributed by atoms with Gasteiger partial charge in [-0.3, -0.25) is 4.79 Å². The van der Waals surface area contributed by atoms with E-state index in [4.69, 9.17) is 27.9 Å². The van der Waals surface area contributed by atoms with Crippen LogP contribution in [0.2, 0.25) is 10.0 Å². The van der Waals surface area contributed by atoms with Crippen molar-refractivity contribution >= 4 is 40.9 Å². The molecule has 1 aliphatic rings. The molecular weight excluding hydrogens is 289 g/mol. The van der Waals surface area contributed by atoms with Gasteiger partial charge < -0.3 is 4.74 Å². The Labute approximate surface area is 120 Å². The maximum Gasteiger partial charge on any atom is 0.421 e. The number of rotatable bonds is 2. The lowest BCUT2D eigenvalue weighted by Gasteiger charge is -2.35. The summed E-state index contributed by atoms with van der Waals surface area (Å²) < 4.78 is 5.01. The molecule has 1 aromatic carbocycles. The second kappa shape index (κ2) is 4.87. The van der Waals surface area contributed by atoms with Crippen molar-refractivity contribution in [2.75, 3.05) is 11.5 Å². The van der Waals surface area contributed by atoms with E-state index in [2.05, 4.69) is 6.58 Å². The molecule has 6 heteroatoms. The maximum atomic E-state index is 12.4. The minimum Gasteiger partial charge on any atom is -0.447 e. The predicted molar refractivity (Wildman–Crippen MR) is 73.6 cm³/mol. The zero-order valence-electron chi connectivity index (χ0n) is 10.2. The van der Waals surface area contributed by atoms with Gasteiger partial charge in [-0.05, 0) is 25.1 Å². The monoisotopic (exact) mass is 299 g/mol. The lowest BCUT2D eigenvalue weighted by atomic mass is 9.89. The molecule has 1 aromatic rings. The molecule has 0 aliphatic carbocycles. The number of nitrogens with zero attached hydrogens (tertiary/aromatic N) is 1. The van der Waals surface area contributed by atoms with Crippen LogP contribution in [0.4, 0.5) is 10.5 Å². The van der Waals surface area contributed by atoms with Gasteiger partial charge in [0, 0.05) is 10.0 Å². The van der Waals surface area contributed by atoms with Crippen LogP contribution in [0.25, 0.3) is 0 Å². The molecule has 1 unspecified atom stereocenters. The summed E-state index contributed by atoms with van der Waals surface area (Å²) in [6.45, 7) is 5.22. The Hall–Kier alpha value is -1.52. The predicted octanol–water partition coefficient (Wildman–Crippen LogP) is 3.67. The molecule has 0 radical (unpaired) electrons. The molecule has 0 spiro atoms. The molecule has 0 aromatic heterocycles. The van der Waals surface area contributed by atoms with E-state index >= 15 is 0 Å². The summed E-state index contributed by atoms with van der Waals surface area (Å²) >= 11 is 11.8. The van der Waals surface area contributed by atoms with Crippen LogP contribution in [0.3, 0.4) is 0 Å². The minimum atomic E-state index is -0.956. The van der Waals surface area contributed by atoms with Crippen molar-refractivity contribution in [1.82, 2.24) is 0 Å². The van der Waals surface area contributed by atoms with E-state index in [-0.39, 0.29) is 12.3 Å². The lowest BCUT2D eigenvalue weighted by Crippen LogP contribution is -2.53. The number of benzene rings is 1. The summed E-state index contributed by atoms with van der Waals surface area (Å²) in [5, 5.41) is 0.656. The smallest absolute Gasteiger partial charge is 0.421 e. The summed E-state index contributed by atoms with van der Waals surface area (Å²) in [4.78, 5) is 25.1. The van der Waals surface area contributed by atoms with Crippen molar-refractivity contribution in [3.8, 4) is 0 Å². The Balaban J connectivity index is 2.49. The van der Waals surface area contributed by atoms with E-state index in [1.54, 1.807) is 6.92 Å². The van der Waals surface area contributed by atoms with E-state index in [0.717, 1.165) is 4.90 Å². The van der Waals surface area contributed by atoms with Gasteiger partial charge in [0.1, 0.15) is 6.61 Å². The Morgan fingerprint density at radius 3 is 2.42 bits per heavy atom. The van der Waals surface area contributed by atoms with Crippen molar-refractivity contribution < 1.29 is 14.3 Å². The molecule has 1 aliphatic heterocycles. The number of ether oxygens (including phenoxy) is 1. The number of amides is 2. The number of imide groups is 1. The highest BCUT2D eigenvalue weighted by Crippen LogP contribution is 2.33. The largest absolute Gasteiger partial charge is 0.447 e. The molecule has 0 N–H and O–H groups in total. The minimum absolute atomic E-state index is 0.0288. The van der Waals surface area contributed by atoms with Gasteiger partial charge in [-0.25, -0.2) is 9.69 Å². The second-order valence-electron chi connectivity index (χ2n) is 4.44. The maximum absolute atomic E-state index is 12.4. The number of hydrogen-bond acceptors (Lipinski definition) is 3. The third kappa shape index (κ3) is 2.46. The van der Waals surface area contributed by atoms with Crippen LogP contribution in [0.5, 0.6) is 0 Å². The normalized spacial score (nSPS) is 23.2. The van der Waals surface area contributed by atoms with E-state index in [9.17, 15) is 9.59 Å². The highest BCUT2D eigenvalue weighted by molar-refractivity contribution is 6.35. The second-order valence-corrected chi connectivity index (χ2v) is 5.32. The zero-order chi connectivity index (χ0) is 14.2. The van der Waals surface area contributed by atoms with Crippen LogP contribution >= 0.6 is 23.2 Å². The quantitative estimate of drug-likeness (QED) is 0.783. The standard InChI is InChI=1S/C13H11Cl2NO3/c1-3-13(2)7-19-12(18)16(11(13)17)10-5-8(14)4-9(15)6-10/h3-6H,1,7H2,2H3. The summed E-state index contributed by atoms with van der Waals surface area (Å²) in [5.41, 5.74) is -0.678. The first-order chi connectivity index (χ1) is 8.87. The van der Waals surface area contributed by atoms with Gasteiger partial charge in [0.15, 0.2) is 0 Å². The average Bonchev–Trinajstić information content (AvgIpc) is 2.33. The van der Waals surface area contributed by atoms with Crippen LogP contribution in [0, 0.1) is 5.41 Å². The molecule has 1 heterocycles. The fraction of sp³-hybridized carbons (Fsp3) is 0.231. The first kappa shape index (κ1) is 13.9. The van der Waals surface area contributed by atoms with Gasteiger partial charge in [0.25, 0.3) is 0 Å². The summed E-state index contributed by atoms with van der Waals surface area (Å²) in [6.07, 6.45) is 0.712. The highest BCUT2D eigenvalue weighted by atomic mass is 35.5. The average molecular weight is 300 g/mol. The van der Waals surface area contributed by atoms with E-state index in [1.807, 2.05) is 0 Å². The van der Waals surface area contributed by atoms with Crippen LogP contribution in [-0.2, 0) is 9.53 Å². The van der Waals surface area contributed by atoms with Gasteiger partial charge in [0.2, 0.25) is 5.91 Å².